The van der Waals surface area contributed by atoms with E-state index in [1.54, 1.807) is 6.07 Å². The van der Waals surface area contributed by atoms with Crippen molar-refractivity contribution in [1.82, 2.24) is 4.90 Å². The van der Waals surface area contributed by atoms with Gasteiger partial charge in [0.2, 0.25) is 12.7 Å². The fourth-order valence-electron chi connectivity index (χ4n) is 3.62. The molecule has 0 bridgehead atoms. The molecule has 25 heavy (non-hydrogen) atoms. The van der Waals surface area contributed by atoms with Crippen LogP contribution >= 0.6 is 0 Å². The van der Waals surface area contributed by atoms with Crippen LogP contribution in [-0.2, 0) is 11.2 Å². The first kappa shape index (κ1) is 16.0. The number of hydrogen-bond acceptors (Lipinski definition) is 4. The topological polar surface area (TPSA) is 50.8 Å². The number of ether oxygens (including phenoxy) is 2. The third kappa shape index (κ3) is 3.33. The maximum absolute atomic E-state index is 12.3. The number of anilines is 1. The lowest BCUT2D eigenvalue weighted by atomic mass is 10.1. The van der Waals surface area contributed by atoms with E-state index in [0.717, 1.165) is 30.8 Å². The number of hydrogen-bond donors (Lipinski definition) is 1. The summed E-state index contributed by atoms with van der Waals surface area (Å²) in [4.78, 5) is 14.6. The second-order valence-electron chi connectivity index (χ2n) is 6.60. The van der Waals surface area contributed by atoms with E-state index in [9.17, 15) is 4.79 Å². The number of aryl methyl sites for hydroxylation is 1. The molecule has 2 aromatic carbocycles. The highest BCUT2D eigenvalue weighted by molar-refractivity contribution is 5.91. The molecule has 2 aliphatic rings. The number of nitrogens with one attached hydrogen (secondary N) is 1. The van der Waals surface area contributed by atoms with Gasteiger partial charge in [-0.05, 0) is 43.1 Å². The minimum absolute atomic E-state index is 0.0111. The van der Waals surface area contributed by atoms with Gasteiger partial charge in [-0.1, -0.05) is 24.3 Å². The molecular weight excluding hydrogens is 316 g/mol. The van der Waals surface area contributed by atoms with Gasteiger partial charge in [0.05, 0.1) is 0 Å². The molecule has 1 amide bonds. The van der Waals surface area contributed by atoms with Crippen molar-refractivity contribution in [2.45, 2.75) is 25.3 Å². The lowest BCUT2D eigenvalue weighted by Crippen LogP contribution is -2.27. The van der Waals surface area contributed by atoms with E-state index < -0.39 is 0 Å². The molecule has 0 fully saturated rings. The van der Waals surface area contributed by atoms with Gasteiger partial charge < -0.3 is 14.8 Å². The second kappa shape index (κ2) is 6.76. The van der Waals surface area contributed by atoms with Crippen LogP contribution in [0, 0.1) is 0 Å². The Morgan fingerprint density at radius 1 is 1.20 bits per heavy atom. The fraction of sp³-hybridized carbons (Fsp3) is 0.350. The highest BCUT2D eigenvalue weighted by Gasteiger charge is 2.25. The van der Waals surface area contributed by atoms with Crippen molar-refractivity contribution in [1.29, 1.82) is 0 Å². The van der Waals surface area contributed by atoms with Crippen LogP contribution in [-0.4, -0.2) is 31.2 Å². The molecule has 1 atom stereocenters. The first-order valence-electron chi connectivity index (χ1n) is 8.68. The summed E-state index contributed by atoms with van der Waals surface area (Å²) in [5.74, 6) is 1.41. The normalized spacial score (nSPS) is 17.6. The standard InChI is InChI=1S/C20H22N2O3/c1-22(17-8-6-14-4-2-3-5-16(14)17)11-10-20(23)21-15-7-9-18-19(12-15)25-13-24-18/h2-5,7,9,12,17H,6,8,10-11,13H2,1H3,(H,21,23)/t17-/m1/s1. The van der Waals surface area contributed by atoms with Crippen LogP contribution < -0.4 is 14.8 Å². The number of rotatable bonds is 5. The third-order valence-corrected chi connectivity index (χ3v) is 4.98. The van der Waals surface area contributed by atoms with Crippen LogP contribution in [0.15, 0.2) is 42.5 Å². The van der Waals surface area contributed by atoms with E-state index in [-0.39, 0.29) is 12.7 Å². The molecule has 0 aromatic heterocycles. The zero-order chi connectivity index (χ0) is 17.2. The van der Waals surface area contributed by atoms with Gasteiger partial charge in [0, 0.05) is 30.8 Å². The molecule has 0 saturated carbocycles. The maximum Gasteiger partial charge on any atom is 0.231 e. The smallest absolute Gasteiger partial charge is 0.231 e. The quantitative estimate of drug-likeness (QED) is 0.908. The number of carbonyl (C=O) groups excluding carboxylic acids is 1. The number of amides is 1. The van der Waals surface area contributed by atoms with Crippen LogP contribution in [0.3, 0.4) is 0 Å². The van der Waals surface area contributed by atoms with Crippen LogP contribution in [0.2, 0.25) is 0 Å². The minimum atomic E-state index is 0.0111. The summed E-state index contributed by atoms with van der Waals surface area (Å²) in [6, 6.07) is 14.5. The van der Waals surface area contributed by atoms with Crippen LogP contribution in [0.5, 0.6) is 11.5 Å². The Morgan fingerprint density at radius 2 is 2.04 bits per heavy atom. The van der Waals surface area contributed by atoms with Gasteiger partial charge in [0.25, 0.3) is 0 Å². The summed E-state index contributed by atoms with van der Waals surface area (Å²) in [5, 5.41) is 2.94. The van der Waals surface area contributed by atoms with Gasteiger partial charge in [0.15, 0.2) is 11.5 Å². The summed E-state index contributed by atoms with van der Waals surface area (Å²) in [6.07, 6.45) is 2.71. The highest BCUT2D eigenvalue weighted by Crippen LogP contribution is 2.35. The summed E-state index contributed by atoms with van der Waals surface area (Å²) in [7, 11) is 2.10. The molecule has 0 spiro atoms. The van der Waals surface area contributed by atoms with E-state index in [4.69, 9.17) is 9.47 Å². The fourth-order valence-corrected chi connectivity index (χ4v) is 3.62. The number of benzene rings is 2. The van der Waals surface area contributed by atoms with Gasteiger partial charge in [-0.25, -0.2) is 0 Å². The summed E-state index contributed by atoms with van der Waals surface area (Å²) < 4.78 is 10.6. The number of carbonyl (C=O) groups is 1. The first-order valence-corrected chi connectivity index (χ1v) is 8.68. The Morgan fingerprint density at radius 3 is 2.96 bits per heavy atom. The average Bonchev–Trinajstić information content (AvgIpc) is 3.26. The Kier molecular flexibility index (Phi) is 4.32. The van der Waals surface area contributed by atoms with Crippen molar-refractivity contribution in [3.8, 4) is 11.5 Å². The predicted molar refractivity (Wildman–Crippen MR) is 95.9 cm³/mol. The van der Waals surface area contributed by atoms with Crippen LogP contribution in [0.25, 0.3) is 0 Å². The molecule has 0 radical (unpaired) electrons. The minimum Gasteiger partial charge on any atom is -0.454 e. The van der Waals surface area contributed by atoms with E-state index >= 15 is 0 Å². The predicted octanol–water partition coefficient (Wildman–Crippen LogP) is 3.36. The summed E-state index contributed by atoms with van der Waals surface area (Å²) in [6.45, 7) is 0.968. The largest absolute Gasteiger partial charge is 0.454 e. The summed E-state index contributed by atoms with van der Waals surface area (Å²) in [5.41, 5.74) is 3.58. The molecule has 2 aromatic rings. The van der Waals surface area contributed by atoms with Gasteiger partial charge in [0.1, 0.15) is 0 Å². The van der Waals surface area contributed by atoms with E-state index in [1.807, 2.05) is 12.1 Å². The molecule has 5 nitrogen and oxygen atoms in total. The Labute approximate surface area is 147 Å². The van der Waals surface area contributed by atoms with E-state index in [2.05, 4.69) is 41.5 Å². The molecule has 1 heterocycles. The summed E-state index contributed by atoms with van der Waals surface area (Å²) >= 11 is 0. The molecular formula is C20H22N2O3. The molecule has 5 heteroatoms. The number of fused-ring (bicyclic) bond motifs is 2. The highest BCUT2D eigenvalue weighted by atomic mass is 16.7. The Hall–Kier alpha value is -2.53. The molecule has 1 aliphatic carbocycles. The van der Waals surface area contributed by atoms with Crippen molar-refractivity contribution in [3.05, 3.63) is 53.6 Å². The van der Waals surface area contributed by atoms with Gasteiger partial charge in [-0.2, -0.15) is 0 Å². The Balaban J connectivity index is 1.32. The zero-order valence-electron chi connectivity index (χ0n) is 14.3. The zero-order valence-corrected chi connectivity index (χ0v) is 14.3. The van der Waals surface area contributed by atoms with Gasteiger partial charge in [-0.15, -0.1) is 0 Å². The molecule has 4 rings (SSSR count). The van der Waals surface area contributed by atoms with Crippen molar-refractivity contribution in [3.63, 3.8) is 0 Å². The van der Waals surface area contributed by atoms with Crippen molar-refractivity contribution in [2.24, 2.45) is 0 Å². The van der Waals surface area contributed by atoms with Crippen molar-refractivity contribution >= 4 is 11.6 Å². The number of nitrogens with zero attached hydrogens (tertiary/aromatic N) is 1. The van der Waals surface area contributed by atoms with Gasteiger partial charge in [-0.3, -0.25) is 9.69 Å². The molecule has 130 valence electrons. The van der Waals surface area contributed by atoms with Crippen LogP contribution in [0.1, 0.15) is 30.0 Å². The monoisotopic (exact) mass is 338 g/mol. The van der Waals surface area contributed by atoms with Gasteiger partial charge >= 0.3 is 0 Å². The van der Waals surface area contributed by atoms with Crippen molar-refractivity contribution in [2.75, 3.05) is 25.7 Å². The Bertz CT molecular complexity index is 790. The third-order valence-electron chi connectivity index (χ3n) is 4.98. The SMILES string of the molecule is CN(CCC(=O)Nc1ccc2c(c1)OCO2)[C@@H]1CCc2ccccc21. The molecule has 0 saturated heterocycles. The average molecular weight is 338 g/mol. The maximum atomic E-state index is 12.3. The lowest BCUT2D eigenvalue weighted by Gasteiger charge is -2.25. The molecule has 1 aliphatic heterocycles. The van der Waals surface area contributed by atoms with Crippen molar-refractivity contribution < 1.29 is 14.3 Å². The second-order valence-corrected chi connectivity index (χ2v) is 6.60. The molecule has 1 N–H and O–H groups in total. The lowest BCUT2D eigenvalue weighted by molar-refractivity contribution is -0.116. The van der Waals surface area contributed by atoms with Crippen LogP contribution in [0.4, 0.5) is 5.69 Å². The van der Waals surface area contributed by atoms with E-state index in [1.165, 1.54) is 11.1 Å². The first-order chi connectivity index (χ1) is 12.2. The molecule has 0 unspecified atom stereocenters. The van der Waals surface area contributed by atoms with E-state index in [0.29, 0.717) is 18.2 Å².